The summed E-state index contributed by atoms with van der Waals surface area (Å²) in [5.41, 5.74) is 1.70. The highest BCUT2D eigenvalue weighted by atomic mass is 79.9. The van der Waals surface area contributed by atoms with Gasteiger partial charge in [0.2, 0.25) is 0 Å². The van der Waals surface area contributed by atoms with Crippen LogP contribution in [0.2, 0.25) is 0 Å². The standard InChI is InChI=1S/C14H7BrF3NO/c15-13-3-1-2-11(12(13)8-19)9-4-6-10(7-5-9)20-14(16,17)18/h1-7H. The number of halogens is 4. The van der Waals surface area contributed by atoms with Crippen LogP contribution in [0.5, 0.6) is 5.75 Å². The van der Waals surface area contributed by atoms with E-state index in [2.05, 4.69) is 26.7 Å². The Morgan fingerprint density at radius 3 is 2.25 bits per heavy atom. The Labute approximate surface area is 121 Å². The molecule has 2 aromatic carbocycles. The lowest BCUT2D eigenvalue weighted by Crippen LogP contribution is -2.16. The molecule has 0 aliphatic heterocycles. The molecule has 0 saturated heterocycles. The molecule has 102 valence electrons. The maximum Gasteiger partial charge on any atom is 0.573 e. The molecule has 0 radical (unpaired) electrons. The molecule has 0 bridgehead atoms. The van der Waals surface area contributed by atoms with Gasteiger partial charge < -0.3 is 4.74 Å². The maximum atomic E-state index is 12.1. The molecule has 0 aromatic heterocycles. The fourth-order valence-corrected chi connectivity index (χ4v) is 2.17. The second-order valence-electron chi connectivity index (χ2n) is 3.85. The number of hydrogen-bond acceptors (Lipinski definition) is 2. The number of ether oxygens (including phenoxy) is 1. The molecule has 0 N–H and O–H groups in total. The van der Waals surface area contributed by atoms with Crippen LogP contribution >= 0.6 is 15.9 Å². The molecule has 2 aromatic rings. The smallest absolute Gasteiger partial charge is 0.406 e. The van der Waals surface area contributed by atoms with Crippen LogP contribution in [-0.2, 0) is 0 Å². The Bertz CT molecular complexity index is 660. The summed E-state index contributed by atoms with van der Waals surface area (Å²) in [6.45, 7) is 0. The zero-order valence-corrected chi connectivity index (χ0v) is 11.5. The Balaban J connectivity index is 2.36. The van der Waals surface area contributed by atoms with Crippen molar-refractivity contribution < 1.29 is 17.9 Å². The largest absolute Gasteiger partial charge is 0.573 e. The van der Waals surface area contributed by atoms with Gasteiger partial charge in [-0.05, 0) is 39.7 Å². The number of nitriles is 1. The number of alkyl halides is 3. The molecule has 0 amide bonds. The molecule has 0 aliphatic rings. The van der Waals surface area contributed by atoms with Crippen molar-refractivity contribution in [3.63, 3.8) is 0 Å². The lowest BCUT2D eigenvalue weighted by Gasteiger charge is -2.10. The summed E-state index contributed by atoms with van der Waals surface area (Å²) in [4.78, 5) is 0. The van der Waals surface area contributed by atoms with Crippen molar-refractivity contribution in [3.05, 3.63) is 52.5 Å². The van der Waals surface area contributed by atoms with Crippen LogP contribution in [0.15, 0.2) is 46.9 Å². The van der Waals surface area contributed by atoms with Crippen molar-refractivity contribution >= 4 is 15.9 Å². The highest BCUT2D eigenvalue weighted by Crippen LogP contribution is 2.31. The van der Waals surface area contributed by atoms with Crippen molar-refractivity contribution in [2.75, 3.05) is 0 Å². The second kappa shape index (κ2) is 5.55. The maximum absolute atomic E-state index is 12.1. The number of nitrogens with zero attached hydrogens (tertiary/aromatic N) is 1. The number of benzene rings is 2. The van der Waals surface area contributed by atoms with E-state index < -0.39 is 6.36 Å². The van der Waals surface area contributed by atoms with Gasteiger partial charge in [-0.3, -0.25) is 0 Å². The second-order valence-corrected chi connectivity index (χ2v) is 4.70. The SMILES string of the molecule is N#Cc1c(Br)cccc1-c1ccc(OC(F)(F)F)cc1. The molecule has 0 unspecified atom stereocenters. The van der Waals surface area contributed by atoms with Gasteiger partial charge in [0, 0.05) is 10.0 Å². The first kappa shape index (κ1) is 14.4. The van der Waals surface area contributed by atoms with Gasteiger partial charge in [0.1, 0.15) is 11.8 Å². The summed E-state index contributed by atoms with van der Waals surface area (Å²) in [5, 5.41) is 9.11. The zero-order valence-electron chi connectivity index (χ0n) is 9.91. The summed E-state index contributed by atoms with van der Waals surface area (Å²) >= 11 is 3.26. The number of hydrogen-bond donors (Lipinski definition) is 0. The average Bonchev–Trinajstić information content (AvgIpc) is 2.37. The van der Waals surface area contributed by atoms with Gasteiger partial charge in [-0.15, -0.1) is 13.2 Å². The quantitative estimate of drug-likeness (QED) is 0.779. The summed E-state index contributed by atoms with van der Waals surface area (Å²) in [5.74, 6) is -0.297. The minimum absolute atomic E-state index is 0.297. The van der Waals surface area contributed by atoms with E-state index in [4.69, 9.17) is 5.26 Å². The predicted octanol–water partition coefficient (Wildman–Crippen LogP) is 4.89. The van der Waals surface area contributed by atoms with Crippen LogP contribution in [-0.4, -0.2) is 6.36 Å². The lowest BCUT2D eigenvalue weighted by atomic mass is 10.0. The predicted molar refractivity (Wildman–Crippen MR) is 71.0 cm³/mol. The third-order valence-electron chi connectivity index (χ3n) is 2.52. The van der Waals surface area contributed by atoms with E-state index in [1.165, 1.54) is 24.3 Å². The molecule has 20 heavy (non-hydrogen) atoms. The molecule has 0 saturated carbocycles. The molecular weight excluding hydrogens is 335 g/mol. The minimum Gasteiger partial charge on any atom is -0.406 e. The average molecular weight is 342 g/mol. The van der Waals surface area contributed by atoms with E-state index in [1.54, 1.807) is 18.2 Å². The molecule has 0 fully saturated rings. The van der Waals surface area contributed by atoms with Crippen molar-refractivity contribution in [1.82, 2.24) is 0 Å². The van der Waals surface area contributed by atoms with Gasteiger partial charge in [-0.25, -0.2) is 0 Å². The molecule has 2 nitrogen and oxygen atoms in total. The molecule has 0 heterocycles. The zero-order chi connectivity index (χ0) is 14.8. The van der Waals surface area contributed by atoms with E-state index >= 15 is 0 Å². The molecule has 6 heteroatoms. The molecule has 0 spiro atoms. The summed E-state index contributed by atoms with van der Waals surface area (Å²) in [6, 6.07) is 12.6. The Kier molecular flexibility index (Phi) is 4.00. The first-order valence-electron chi connectivity index (χ1n) is 5.45. The van der Waals surface area contributed by atoms with Crippen LogP contribution in [0.4, 0.5) is 13.2 Å². The summed E-state index contributed by atoms with van der Waals surface area (Å²) in [6.07, 6.45) is -4.71. The molecule has 2 rings (SSSR count). The van der Waals surface area contributed by atoms with Gasteiger partial charge in [0.25, 0.3) is 0 Å². The van der Waals surface area contributed by atoms with Crippen LogP contribution in [0.3, 0.4) is 0 Å². The van der Waals surface area contributed by atoms with Gasteiger partial charge >= 0.3 is 6.36 Å². The van der Waals surface area contributed by atoms with Gasteiger partial charge in [0.15, 0.2) is 0 Å². The van der Waals surface area contributed by atoms with Crippen molar-refractivity contribution in [3.8, 4) is 22.9 Å². The number of rotatable bonds is 2. The lowest BCUT2D eigenvalue weighted by molar-refractivity contribution is -0.274. The van der Waals surface area contributed by atoms with Gasteiger partial charge in [-0.1, -0.05) is 24.3 Å². The van der Waals surface area contributed by atoms with Crippen molar-refractivity contribution in [2.24, 2.45) is 0 Å². The minimum atomic E-state index is -4.71. The monoisotopic (exact) mass is 341 g/mol. The summed E-state index contributed by atoms with van der Waals surface area (Å²) < 4.78 is 40.6. The third-order valence-corrected chi connectivity index (χ3v) is 3.19. The van der Waals surface area contributed by atoms with E-state index in [0.29, 0.717) is 21.2 Å². The fraction of sp³-hybridized carbons (Fsp3) is 0.0714. The van der Waals surface area contributed by atoms with Crippen LogP contribution < -0.4 is 4.74 Å². The Morgan fingerprint density at radius 1 is 1.05 bits per heavy atom. The van der Waals surface area contributed by atoms with E-state index in [-0.39, 0.29) is 5.75 Å². The summed E-state index contributed by atoms with van der Waals surface area (Å²) in [7, 11) is 0. The van der Waals surface area contributed by atoms with E-state index in [0.717, 1.165) is 0 Å². The first-order chi connectivity index (χ1) is 9.40. The van der Waals surface area contributed by atoms with Crippen LogP contribution in [0.25, 0.3) is 11.1 Å². The van der Waals surface area contributed by atoms with Crippen molar-refractivity contribution in [2.45, 2.75) is 6.36 Å². The van der Waals surface area contributed by atoms with Gasteiger partial charge in [0.05, 0.1) is 5.56 Å². The van der Waals surface area contributed by atoms with Crippen LogP contribution in [0, 0.1) is 11.3 Å². The first-order valence-corrected chi connectivity index (χ1v) is 6.25. The normalized spacial score (nSPS) is 10.9. The van der Waals surface area contributed by atoms with E-state index in [9.17, 15) is 13.2 Å². The van der Waals surface area contributed by atoms with E-state index in [1.807, 2.05) is 0 Å². The molecular formula is C14H7BrF3NO. The third kappa shape index (κ3) is 3.31. The van der Waals surface area contributed by atoms with Gasteiger partial charge in [-0.2, -0.15) is 5.26 Å². The Hall–Kier alpha value is -2.00. The Morgan fingerprint density at radius 2 is 1.70 bits per heavy atom. The van der Waals surface area contributed by atoms with Crippen LogP contribution in [0.1, 0.15) is 5.56 Å². The fourth-order valence-electron chi connectivity index (χ4n) is 1.71. The highest BCUT2D eigenvalue weighted by Gasteiger charge is 2.30. The topological polar surface area (TPSA) is 33.0 Å². The highest BCUT2D eigenvalue weighted by molar-refractivity contribution is 9.10. The van der Waals surface area contributed by atoms with Crippen molar-refractivity contribution in [1.29, 1.82) is 5.26 Å². The molecule has 0 atom stereocenters. The molecule has 0 aliphatic carbocycles.